The zero-order valence-electron chi connectivity index (χ0n) is 52.3. The summed E-state index contributed by atoms with van der Waals surface area (Å²) < 4.78 is 184. The van der Waals surface area contributed by atoms with Crippen molar-refractivity contribution in [1.82, 2.24) is 24.1 Å². The summed E-state index contributed by atoms with van der Waals surface area (Å²) >= 11 is 1.72. The maximum absolute atomic E-state index is 9.91. The minimum Gasteiger partial charge on any atom is -0.278 e. The molecule has 0 amide bonds. The summed E-state index contributed by atoms with van der Waals surface area (Å²) in [7, 11) is 0. The molecule has 13 rings (SSSR count). The van der Waals surface area contributed by atoms with Gasteiger partial charge < -0.3 is 0 Å². The van der Waals surface area contributed by atoms with Crippen LogP contribution >= 0.6 is 11.3 Å². The van der Waals surface area contributed by atoms with Gasteiger partial charge in [-0.1, -0.05) is 163 Å². The van der Waals surface area contributed by atoms with Gasteiger partial charge in [0.05, 0.1) is 49.5 Å². The fourth-order valence-corrected chi connectivity index (χ4v) is 9.20. The summed E-state index contributed by atoms with van der Waals surface area (Å²) in [6, 6.07) is 14.3. The van der Waals surface area contributed by atoms with E-state index in [1.54, 1.807) is 35.6 Å². The van der Waals surface area contributed by atoms with E-state index in [1.807, 2.05) is 36.4 Å². The summed E-state index contributed by atoms with van der Waals surface area (Å²) in [6.07, 6.45) is 0. The Bertz CT molecular complexity index is 5010. The van der Waals surface area contributed by atoms with Crippen molar-refractivity contribution in [2.45, 2.75) is 0 Å². The first kappa shape index (κ1) is 21.1. The van der Waals surface area contributed by atoms with Gasteiger partial charge in [0.25, 0.3) is 0 Å². The lowest BCUT2D eigenvalue weighted by Crippen LogP contribution is -2.10. The molecule has 6 heteroatoms. The Morgan fingerprint density at radius 3 is 1.59 bits per heavy atom. The third-order valence-electron chi connectivity index (χ3n) is 11.0. The molecular formula is C57H35N5S. The highest BCUT2D eigenvalue weighted by atomic mass is 32.1. The average molecular weight is 842 g/mol. The van der Waals surface area contributed by atoms with Crippen molar-refractivity contribution in [2.75, 3.05) is 0 Å². The lowest BCUT2D eigenvalue weighted by molar-refractivity contribution is 0.893. The van der Waals surface area contributed by atoms with Crippen molar-refractivity contribution in [1.29, 1.82) is 0 Å². The van der Waals surface area contributed by atoms with Gasteiger partial charge in [0.15, 0.2) is 5.82 Å². The van der Waals surface area contributed by atoms with Gasteiger partial charge in [-0.15, -0.1) is 11.3 Å². The van der Waals surface area contributed by atoms with E-state index in [4.69, 9.17) is 32.8 Å². The van der Waals surface area contributed by atoms with Crippen LogP contribution in [0.25, 0.3) is 120 Å². The Balaban J connectivity index is 1.12. The van der Waals surface area contributed by atoms with E-state index in [2.05, 4.69) is 30.3 Å². The fourth-order valence-electron chi connectivity index (χ4n) is 8.11. The molecule has 0 fully saturated rings. The monoisotopic (exact) mass is 841 g/mol. The zero-order chi connectivity index (χ0) is 58.8. The lowest BCUT2D eigenvalue weighted by atomic mass is 9.97. The van der Waals surface area contributed by atoms with E-state index in [0.29, 0.717) is 0 Å². The van der Waals surface area contributed by atoms with Crippen LogP contribution in [0.4, 0.5) is 0 Å². The van der Waals surface area contributed by atoms with Gasteiger partial charge >= 0.3 is 0 Å². The van der Waals surface area contributed by atoms with Crippen molar-refractivity contribution in [2.24, 2.45) is 0 Å². The molecule has 9 aromatic carbocycles. The normalized spacial score (nSPS) is 16.3. The highest BCUT2D eigenvalue weighted by Gasteiger charge is 2.21. The molecule has 0 aliphatic heterocycles. The molecule has 13 aromatic rings. The first-order chi connectivity index (χ1) is 39.5. The van der Waals surface area contributed by atoms with E-state index in [-0.39, 0.29) is 38.6 Å². The SMILES string of the molecule is [2H]c1c([2H])c([2H])c(-c2c([2H])c([2H])c3c4c([2H])c([2H])c([2H])c([2H])c4n(-c4nc(-c5ccc(-c6cccc(-c7ccc8sc9ccccc9c8c7)c6)cc5)nc(-n5c6c([2H])c([2H])c([2H])c([2H])c6c6c([2H])c([2H])c([2H])c([2H])c65)n4)c3c2[2H])c([2H])c1[2H]. The maximum atomic E-state index is 9.91. The van der Waals surface area contributed by atoms with E-state index < -0.39 is 160 Å². The number of hydrogen-bond acceptors (Lipinski definition) is 4. The van der Waals surface area contributed by atoms with Crippen LogP contribution in [0.5, 0.6) is 0 Å². The van der Waals surface area contributed by atoms with Gasteiger partial charge in [-0.25, -0.2) is 0 Å². The summed E-state index contributed by atoms with van der Waals surface area (Å²) in [5.74, 6) is -1.37. The minimum absolute atomic E-state index is 0.227. The van der Waals surface area contributed by atoms with E-state index >= 15 is 0 Å². The number of fused-ring (bicyclic) bond motifs is 9. The second-order valence-electron chi connectivity index (χ2n) is 14.5. The summed E-state index contributed by atoms with van der Waals surface area (Å²) in [6.45, 7) is 0. The number of benzene rings is 9. The molecule has 0 spiro atoms. The number of aromatic nitrogens is 5. The summed E-state index contributed by atoms with van der Waals surface area (Å²) in [4.78, 5) is 14.5. The third kappa shape index (κ3) is 5.80. The minimum atomic E-state index is -0.822. The van der Waals surface area contributed by atoms with Crippen LogP contribution in [-0.4, -0.2) is 24.1 Å². The van der Waals surface area contributed by atoms with Crippen molar-refractivity contribution in [3.63, 3.8) is 0 Å². The lowest BCUT2D eigenvalue weighted by Gasteiger charge is -2.13. The molecular weight excluding hydrogens is 787 g/mol. The topological polar surface area (TPSA) is 48.5 Å². The first-order valence-corrected chi connectivity index (χ1v) is 20.4. The van der Waals surface area contributed by atoms with Crippen LogP contribution in [-0.2, 0) is 0 Å². The molecule has 0 aliphatic rings. The van der Waals surface area contributed by atoms with Gasteiger partial charge in [0.2, 0.25) is 11.9 Å². The smallest absolute Gasteiger partial charge is 0.240 e. The van der Waals surface area contributed by atoms with Gasteiger partial charge in [-0.2, -0.15) is 15.0 Å². The second-order valence-corrected chi connectivity index (χ2v) is 15.6. The molecule has 0 N–H and O–H groups in total. The molecule has 294 valence electrons. The molecule has 0 bridgehead atoms. The third-order valence-corrected chi connectivity index (χ3v) is 12.2. The van der Waals surface area contributed by atoms with Crippen molar-refractivity contribution < 1.29 is 27.4 Å². The molecule has 0 unspecified atom stereocenters. The van der Waals surface area contributed by atoms with Gasteiger partial charge in [0, 0.05) is 47.3 Å². The van der Waals surface area contributed by atoms with E-state index in [9.17, 15) is 9.60 Å². The molecule has 63 heavy (non-hydrogen) atoms. The average Bonchev–Trinajstić information content (AvgIpc) is 3.17. The molecule has 5 nitrogen and oxygen atoms in total. The van der Waals surface area contributed by atoms with Crippen LogP contribution < -0.4 is 0 Å². The van der Waals surface area contributed by atoms with Crippen LogP contribution in [0.1, 0.15) is 27.4 Å². The Kier molecular flexibility index (Phi) is 4.75. The molecule has 0 atom stereocenters. The van der Waals surface area contributed by atoms with Gasteiger partial charge in [-0.3, -0.25) is 9.13 Å². The maximum Gasteiger partial charge on any atom is 0.240 e. The van der Waals surface area contributed by atoms with Crippen LogP contribution in [0.15, 0.2) is 212 Å². The Morgan fingerprint density at radius 1 is 0.349 bits per heavy atom. The molecule has 0 saturated heterocycles. The first-order valence-electron chi connectivity index (χ1n) is 29.5. The Morgan fingerprint density at radius 2 is 0.889 bits per heavy atom. The van der Waals surface area contributed by atoms with Crippen LogP contribution in [0.2, 0.25) is 0 Å². The molecule has 0 radical (unpaired) electrons. The number of para-hydroxylation sites is 3. The highest BCUT2D eigenvalue weighted by molar-refractivity contribution is 7.25. The predicted molar refractivity (Wildman–Crippen MR) is 263 cm³/mol. The van der Waals surface area contributed by atoms with Crippen molar-refractivity contribution in [3.05, 3.63) is 212 Å². The number of rotatable bonds is 6. The zero-order valence-corrected chi connectivity index (χ0v) is 33.1. The summed E-state index contributed by atoms with van der Waals surface area (Å²) in [5.41, 5.74) is 0.789. The van der Waals surface area contributed by atoms with Crippen molar-refractivity contribution >= 4 is 75.1 Å². The summed E-state index contributed by atoms with van der Waals surface area (Å²) in [5, 5.41) is 0.858. The van der Waals surface area contributed by atoms with Crippen LogP contribution in [0, 0.1) is 0 Å². The van der Waals surface area contributed by atoms with Gasteiger partial charge in [-0.05, 0) is 81.8 Å². The largest absolute Gasteiger partial charge is 0.278 e. The molecule has 4 heterocycles. The molecule has 4 aromatic heterocycles. The van der Waals surface area contributed by atoms with E-state index in [0.717, 1.165) is 46.9 Å². The predicted octanol–water partition coefficient (Wildman–Crippen LogP) is 15.1. The van der Waals surface area contributed by atoms with Crippen molar-refractivity contribution in [3.8, 4) is 56.7 Å². The molecule has 0 aliphatic carbocycles. The molecule has 0 saturated carbocycles. The quantitative estimate of drug-likeness (QED) is 0.168. The van der Waals surface area contributed by atoms with Gasteiger partial charge in [0.1, 0.15) is 0 Å². The Labute approximate surface area is 394 Å². The second kappa shape index (κ2) is 14.2. The van der Waals surface area contributed by atoms with Crippen LogP contribution in [0.3, 0.4) is 0 Å². The van der Waals surface area contributed by atoms with E-state index in [1.165, 1.54) is 4.70 Å². The number of thiophene rings is 1. The standard InChI is InChI=1S/C57H35N5S/c1-2-13-36(14-3-1)42-29-31-46-45-19-6-10-23-51(45)62(52(46)35-42)57-59-55(58-56(60-57)61-49-21-8-4-17-43(49)44-18-5-9-22-50(44)61)38-27-25-37(26-28-38)39-15-12-16-40(33-39)41-30-32-54-48(34-41)47-20-7-11-24-53(47)63-54/h1-35H/i1D,2D,3D,4D,5D,6D,8D,9D,10D,13D,14D,17D,18D,19D,21D,22D,23D,29D,31D,35D. The highest BCUT2D eigenvalue weighted by Crippen LogP contribution is 2.39. The number of hydrogen-bond donors (Lipinski definition) is 0. The fraction of sp³-hybridized carbons (Fsp3) is 0. The number of nitrogens with zero attached hydrogens (tertiary/aromatic N) is 5. The Hall–Kier alpha value is -8.19.